The SMILES string of the molecule is CC(NCc1c([O-])on[n+]1-c1ccccc1)c1ccccc1. The van der Waals surface area contributed by atoms with Crippen LogP contribution in [-0.2, 0) is 6.54 Å². The van der Waals surface area contributed by atoms with Crippen molar-refractivity contribution in [3.8, 4) is 11.6 Å². The fourth-order valence-corrected chi connectivity index (χ4v) is 2.29. The third-order valence-electron chi connectivity index (χ3n) is 3.57. The first-order chi connectivity index (χ1) is 10.8. The lowest BCUT2D eigenvalue weighted by Gasteiger charge is -2.12. The van der Waals surface area contributed by atoms with Gasteiger partial charge in [0, 0.05) is 18.2 Å². The molecule has 5 nitrogen and oxygen atoms in total. The van der Waals surface area contributed by atoms with E-state index in [9.17, 15) is 5.11 Å². The second-order valence-corrected chi connectivity index (χ2v) is 5.07. The van der Waals surface area contributed by atoms with Gasteiger partial charge in [-0.15, -0.1) is 0 Å². The highest BCUT2D eigenvalue weighted by molar-refractivity contribution is 5.22. The molecule has 0 saturated heterocycles. The van der Waals surface area contributed by atoms with Crippen molar-refractivity contribution in [1.82, 2.24) is 10.6 Å². The summed E-state index contributed by atoms with van der Waals surface area (Å²) >= 11 is 0. The first-order valence-corrected chi connectivity index (χ1v) is 7.17. The van der Waals surface area contributed by atoms with Gasteiger partial charge in [-0.25, -0.2) is 0 Å². The summed E-state index contributed by atoms with van der Waals surface area (Å²) in [5, 5.41) is 19.0. The third-order valence-corrected chi connectivity index (χ3v) is 3.57. The highest BCUT2D eigenvalue weighted by Gasteiger charge is 2.20. The molecule has 3 aromatic rings. The molecule has 22 heavy (non-hydrogen) atoms. The number of para-hydroxylation sites is 1. The summed E-state index contributed by atoms with van der Waals surface area (Å²) in [5.41, 5.74) is 2.45. The largest absolute Gasteiger partial charge is 0.539 e. The number of benzene rings is 2. The van der Waals surface area contributed by atoms with Crippen molar-refractivity contribution in [3.63, 3.8) is 0 Å². The fraction of sp³-hybridized carbons (Fsp3) is 0.176. The number of rotatable bonds is 5. The summed E-state index contributed by atoms with van der Waals surface area (Å²) < 4.78 is 6.34. The molecular formula is C17H17N3O2. The van der Waals surface area contributed by atoms with Gasteiger partial charge >= 0.3 is 0 Å². The highest BCUT2D eigenvalue weighted by Crippen LogP contribution is 2.14. The molecule has 0 aliphatic carbocycles. The van der Waals surface area contributed by atoms with Gasteiger partial charge in [-0.3, -0.25) is 0 Å². The molecule has 1 atom stereocenters. The minimum atomic E-state index is -0.420. The van der Waals surface area contributed by atoms with Gasteiger partial charge in [0.25, 0.3) is 5.69 Å². The molecule has 0 amide bonds. The zero-order valence-corrected chi connectivity index (χ0v) is 12.3. The Morgan fingerprint density at radius 3 is 2.41 bits per heavy atom. The van der Waals surface area contributed by atoms with Crippen molar-refractivity contribution >= 4 is 0 Å². The van der Waals surface area contributed by atoms with E-state index in [1.54, 1.807) is 0 Å². The van der Waals surface area contributed by atoms with Crippen LogP contribution < -0.4 is 15.1 Å². The van der Waals surface area contributed by atoms with Crippen molar-refractivity contribution < 1.29 is 14.3 Å². The summed E-state index contributed by atoms with van der Waals surface area (Å²) in [6, 6.07) is 19.7. The number of hydrogen-bond donors (Lipinski definition) is 1. The Morgan fingerprint density at radius 2 is 1.73 bits per heavy atom. The molecule has 0 bridgehead atoms. The quantitative estimate of drug-likeness (QED) is 0.730. The van der Waals surface area contributed by atoms with Crippen LogP contribution >= 0.6 is 0 Å². The van der Waals surface area contributed by atoms with E-state index in [1.165, 1.54) is 4.68 Å². The molecule has 1 aromatic heterocycles. The van der Waals surface area contributed by atoms with Crippen LogP contribution in [0.5, 0.6) is 5.95 Å². The first kappa shape index (κ1) is 14.3. The molecular weight excluding hydrogens is 278 g/mol. The second-order valence-electron chi connectivity index (χ2n) is 5.07. The van der Waals surface area contributed by atoms with Gasteiger partial charge in [0.1, 0.15) is 0 Å². The van der Waals surface area contributed by atoms with E-state index in [1.807, 2.05) is 48.5 Å². The summed E-state index contributed by atoms with van der Waals surface area (Å²) in [6.07, 6.45) is 0. The lowest BCUT2D eigenvalue weighted by atomic mass is 10.1. The van der Waals surface area contributed by atoms with E-state index in [0.717, 1.165) is 11.3 Å². The Hall–Kier alpha value is -2.66. The molecule has 3 rings (SSSR count). The van der Waals surface area contributed by atoms with Crippen LogP contribution in [0.2, 0.25) is 0 Å². The molecule has 0 saturated carbocycles. The summed E-state index contributed by atoms with van der Waals surface area (Å²) in [4.78, 5) is 0. The van der Waals surface area contributed by atoms with Gasteiger partial charge in [-0.1, -0.05) is 48.5 Å². The molecule has 0 radical (unpaired) electrons. The average Bonchev–Trinajstić information content (AvgIpc) is 2.95. The minimum absolute atomic E-state index is 0.125. The monoisotopic (exact) mass is 295 g/mol. The van der Waals surface area contributed by atoms with Crippen molar-refractivity contribution in [1.29, 1.82) is 0 Å². The zero-order valence-electron chi connectivity index (χ0n) is 12.3. The van der Waals surface area contributed by atoms with Crippen LogP contribution in [0.4, 0.5) is 0 Å². The summed E-state index contributed by atoms with van der Waals surface area (Å²) in [5.74, 6) is -0.420. The van der Waals surface area contributed by atoms with Gasteiger partial charge in [0.05, 0.1) is 11.8 Å². The van der Waals surface area contributed by atoms with E-state index in [-0.39, 0.29) is 6.04 Å². The van der Waals surface area contributed by atoms with E-state index >= 15 is 0 Å². The Morgan fingerprint density at radius 1 is 1.09 bits per heavy atom. The molecule has 112 valence electrons. The van der Waals surface area contributed by atoms with Crippen LogP contribution in [-0.4, -0.2) is 5.27 Å². The van der Waals surface area contributed by atoms with Crippen molar-refractivity contribution in [2.45, 2.75) is 19.5 Å². The van der Waals surface area contributed by atoms with Crippen LogP contribution in [0, 0.1) is 0 Å². The van der Waals surface area contributed by atoms with Gasteiger partial charge in [-0.2, -0.15) is 0 Å². The van der Waals surface area contributed by atoms with Gasteiger partial charge in [0.2, 0.25) is 5.69 Å². The molecule has 1 N–H and O–H groups in total. The van der Waals surface area contributed by atoms with E-state index in [0.29, 0.717) is 12.2 Å². The van der Waals surface area contributed by atoms with Crippen LogP contribution in [0.25, 0.3) is 5.69 Å². The number of aromatic nitrogens is 2. The summed E-state index contributed by atoms with van der Waals surface area (Å²) in [6.45, 7) is 2.44. The van der Waals surface area contributed by atoms with Crippen LogP contribution in [0.15, 0.2) is 65.2 Å². The molecule has 2 aromatic carbocycles. The Kier molecular flexibility index (Phi) is 4.16. The molecule has 0 aliphatic rings. The molecule has 5 heteroatoms. The molecule has 0 spiro atoms. The van der Waals surface area contributed by atoms with Crippen molar-refractivity contribution in [2.75, 3.05) is 0 Å². The average molecular weight is 295 g/mol. The second kappa shape index (κ2) is 6.41. The van der Waals surface area contributed by atoms with E-state index in [2.05, 4.69) is 29.6 Å². The molecule has 0 fully saturated rings. The zero-order chi connectivity index (χ0) is 15.4. The van der Waals surface area contributed by atoms with Gasteiger partial charge in [-0.05, 0) is 17.2 Å². The maximum atomic E-state index is 11.9. The van der Waals surface area contributed by atoms with Crippen LogP contribution in [0.1, 0.15) is 24.2 Å². The van der Waals surface area contributed by atoms with Crippen molar-refractivity contribution in [2.24, 2.45) is 0 Å². The number of nitrogens with zero attached hydrogens (tertiary/aromatic N) is 2. The predicted molar refractivity (Wildman–Crippen MR) is 79.2 cm³/mol. The highest BCUT2D eigenvalue weighted by atomic mass is 16.6. The van der Waals surface area contributed by atoms with Crippen LogP contribution in [0.3, 0.4) is 0 Å². The third kappa shape index (κ3) is 2.99. The Balaban J connectivity index is 1.77. The van der Waals surface area contributed by atoms with Gasteiger partial charge < -0.3 is 14.9 Å². The standard InChI is InChI=1S/C17H17N3O2/c1-13(14-8-4-2-5-9-14)18-12-16-17(21)22-19-20(16)15-10-6-3-7-11-15/h2-11,13,18H,12H2,1H3. The van der Waals surface area contributed by atoms with E-state index < -0.39 is 5.95 Å². The van der Waals surface area contributed by atoms with Gasteiger partial charge in [0.15, 0.2) is 5.95 Å². The molecule has 0 aliphatic heterocycles. The smallest absolute Gasteiger partial charge is 0.253 e. The lowest BCUT2D eigenvalue weighted by molar-refractivity contribution is -0.677. The van der Waals surface area contributed by atoms with Crippen molar-refractivity contribution in [3.05, 3.63) is 71.9 Å². The van der Waals surface area contributed by atoms with E-state index in [4.69, 9.17) is 4.52 Å². The predicted octanol–water partition coefficient (Wildman–Crippen LogP) is 1.88. The number of hydrogen-bond acceptors (Lipinski definition) is 4. The Bertz CT molecular complexity index is 726. The first-order valence-electron chi connectivity index (χ1n) is 7.17. The normalized spacial score (nSPS) is 12.2. The molecule has 1 heterocycles. The molecule has 1 unspecified atom stereocenters. The summed E-state index contributed by atoms with van der Waals surface area (Å²) in [7, 11) is 0. The number of nitrogens with one attached hydrogen (secondary N) is 1. The minimum Gasteiger partial charge on any atom is -0.539 e. The Labute approximate surface area is 128 Å². The lowest BCUT2D eigenvalue weighted by Crippen LogP contribution is -2.39. The topological polar surface area (TPSA) is 65.0 Å². The maximum absolute atomic E-state index is 11.9. The fourth-order valence-electron chi connectivity index (χ4n) is 2.29. The maximum Gasteiger partial charge on any atom is 0.253 e.